The summed E-state index contributed by atoms with van der Waals surface area (Å²) in [4.78, 5) is 0. The van der Waals surface area contributed by atoms with Crippen molar-refractivity contribution in [1.82, 2.24) is 0 Å². The number of benzene rings is 1. The fourth-order valence-corrected chi connectivity index (χ4v) is 2.90. The number of rotatable bonds is 1. The standard InChI is InChI=1S/C13H17Br/c1-13(2)7-6-11(9-13)10-4-3-5-12(14)8-10/h3-5,8,11H,6-7,9H2,1-2H3. The predicted molar refractivity (Wildman–Crippen MR) is 64.5 cm³/mol. The van der Waals surface area contributed by atoms with Gasteiger partial charge in [0.05, 0.1) is 0 Å². The van der Waals surface area contributed by atoms with E-state index < -0.39 is 0 Å². The van der Waals surface area contributed by atoms with Crippen LogP contribution in [0.15, 0.2) is 28.7 Å². The van der Waals surface area contributed by atoms with Crippen LogP contribution in [0.5, 0.6) is 0 Å². The van der Waals surface area contributed by atoms with Crippen LogP contribution in [-0.4, -0.2) is 0 Å². The molecule has 0 aromatic heterocycles. The minimum absolute atomic E-state index is 0.549. The first-order valence-corrected chi connectivity index (χ1v) is 6.12. The van der Waals surface area contributed by atoms with Crippen LogP contribution >= 0.6 is 15.9 Å². The third-order valence-corrected chi connectivity index (χ3v) is 3.78. The van der Waals surface area contributed by atoms with Gasteiger partial charge in [-0.1, -0.05) is 41.9 Å². The van der Waals surface area contributed by atoms with E-state index in [-0.39, 0.29) is 0 Å². The monoisotopic (exact) mass is 252 g/mol. The molecule has 76 valence electrons. The zero-order valence-corrected chi connectivity index (χ0v) is 10.5. The largest absolute Gasteiger partial charge is 0.0609 e. The lowest BCUT2D eigenvalue weighted by molar-refractivity contribution is 0.376. The summed E-state index contributed by atoms with van der Waals surface area (Å²) < 4.78 is 1.21. The second-order valence-electron chi connectivity index (χ2n) is 5.16. The lowest BCUT2D eigenvalue weighted by Gasteiger charge is -2.17. The van der Waals surface area contributed by atoms with Crippen molar-refractivity contribution in [2.75, 3.05) is 0 Å². The molecule has 0 N–H and O–H groups in total. The molecule has 0 bridgehead atoms. The van der Waals surface area contributed by atoms with Gasteiger partial charge in [-0.3, -0.25) is 0 Å². The molecule has 1 fully saturated rings. The third kappa shape index (κ3) is 2.20. The molecule has 1 saturated carbocycles. The van der Waals surface area contributed by atoms with Gasteiger partial charge in [-0.25, -0.2) is 0 Å². The van der Waals surface area contributed by atoms with E-state index in [1.165, 1.54) is 29.3 Å². The first-order chi connectivity index (χ1) is 6.57. The highest BCUT2D eigenvalue weighted by Crippen LogP contribution is 2.46. The highest BCUT2D eigenvalue weighted by molar-refractivity contribution is 9.10. The Labute approximate surface area is 94.8 Å². The number of hydrogen-bond donors (Lipinski definition) is 0. The average Bonchev–Trinajstić information content (AvgIpc) is 2.46. The Bertz CT molecular complexity index is 328. The van der Waals surface area contributed by atoms with Gasteiger partial charge in [-0.2, -0.15) is 0 Å². The summed E-state index contributed by atoms with van der Waals surface area (Å²) in [6.07, 6.45) is 4.05. The molecule has 1 heteroatoms. The van der Waals surface area contributed by atoms with Gasteiger partial charge in [-0.05, 0) is 48.3 Å². The SMILES string of the molecule is CC1(C)CCC(c2cccc(Br)c2)C1. The van der Waals surface area contributed by atoms with E-state index in [0.29, 0.717) is 5.41 Å². The highest BCUT2D eigenvalue weighted by Gasteiger charge is 2.31. The summed E-state index contributed by atoms with van der Waals surface area (Å²) in [5.74, 6) is 0.780. The van der Waals surface area contributed by atoms with E-state index in [4.69, 9.17) is 0 Å². The highest BCUT2D eigenvalue weighted by atomic mass is 79.9. The van der Waals surface area contributed by atoms with Crippen molar-refractivity contribution in [2.45, 2.75) is 39.0 Å². The molecule has 0 saturated heterocycles. The first-order valence-electron chi connectivity index (χ1n) is 5.32. The van der Waals surface area contributed by atoms with Gasteiger partial charge >= 0.3 is 0 Å². The van der Waals surface area contributed by atoms with Gasteiger partial charge in [-0.15, -0.1) is 0 Å². The molecule has 0 nitrogen and oxygen atoms in total. The van der Waals surface area contributed by atoms with Crippen molar-refractivity contribution in [1.29, 1.82) is 0 Å². The van der Waals surface area contributed by atoms with E-state index in [1.54, 1.807) is 0 Å². The topological polar surface area (TPSA) is 0 Å². The molecule has 0 heterocycles. The van der Waals surface area contributed by atoms with Gasteiger partial charge < -0.3 is 0 Å². The summed E-state index contributed by atoms with van der Waals surface area (Å²) in [5.41, 5.74) is 2.05. The molecule has 1 atom stereocenters. The van der Waals surface area contributed by atoms with Crippen molar-refractivity contribution in [2.24, 2.45) is 5.41 Å². The molecule has 0 spiro atoms. The Morgan fingerprint density at radius 1 is 1.36 bits per heavy atom. The van der Waals surface area contributed by atoms with Crippen LogP contribution in [0.25, 0.3) is 0 Å². The number of hydrogen-bond acceptors (Lipinski definition) is 0. The fraction of sp³-hybridized carbons (Fsp3) is 0.538. The maximum atomic E-state index is 3.54. The summed E-state index contributed by atoms with van der Waals surface area (Å²) in [5, 5.41) is 0. The quantitative estimate of drug-likeness (QED) is 0.677. The molecule has 0 radical (unpaired) electrons. The lowest BCUT2D eigenvalue weighted by Crippen LogP contribution is -2.04. The summed E-state index contributed by atoms with van der Waals surface area (Å²) in [6.45, 7) is 4.76. The zero-order valence-electron chi connectivity index (χ0n) is 8.89. The molecule has 2 rings (SSSR count). The maximum Gasteiger partial charge on any atom is 0.0178 e. The van der Waals surface area contributed by atoms with Crippen molar-refractivity contribution < 1.29 is 0 Å². The van der Waals surface area contributed by atoms with Crippen LogP contribution in [0, 0.1) is 5.41 Å². The van der Waals surface area contributed by atoms with Crippen molar-refractivity contribution in [3.63, 3.8) is 0 Å². The second-order valence-corrected chi connectivity index (χ2v) is 6.07. The molecular weight excluding hydrogens is 236 g/mol. The van der Waals surface area contributed by atoms with Crippen LogP contribution in [0.3, 0.4) is 0 Å². The maximum absolute atomic E-state index is 3.54. The minimum Gasteiger partial charge on any atom is -0.0609 e. The van der Waals surface area contributed by atoms with Gasteiger partial charge in [0.15, 0.2) is 0 Å². The fourth-order valence-electron chi connectivity index (χ4n) is 2.48. The van der Waals surface area contributed by atoms with E-state index >= 15 is 0 Å². The molecular formula is C13H17Br. The normalized spacial score (nSPS) is 25.2. The first kappa shape index (κ1) is 10.2. The van der Waals surface area contributed by atoms with Crippen LogP contribution in [0.2, 0.25) is 0 Å². The van der Waals surface area contributed by atoms with E-state index in [2.05, 4.69) is 54.0 Å². The van der Waals surface area contributed by atoms with Crippen LogP contribution < -0.4 is 0 Å². The van der Waals surface area contributed by atoms with Crippen molar-refractivity contribution in [3.8, 4) is 0 Å². The van der Waals surface area contributed by atoms with E-state index in [9.17, 15) is 0 Å². The molecule has 1 aromatic carbocycles. The Hall–Kier alpha value is -0.300. The lowest BCUT2D eigenvalue weighted by atomic mass is 9.88. The molecule has 14 heavy (non-hydrogen) atoms. The molecule has 1 aliphatic rings. The molecule has 1 aliphatic carbocycles. The molecule has 0 aliphatic heterocycles. The third-order valence-electron chi connectivity index (χ3n) is 3.29. The minimum atomic E-state index is 0.549. The van der Waals surface area contributed by atoms with Crippen LogP contribution in [0.1, 0.15) is 44.6 Å². The second kappa shape index (κ2) is 3.69. The number of halogens is 1. The average molecular weight is 253 g/mol. The molecule has 1 aromatic rings. The Balaban J connectivity index is 2.17. The Kier molecular flexibility index (Phi) is 2.70. The summed E-state index contributed by atoms with van der Waals surface area (Å²) >= 11 is 3.54. The van der Waals surface area contributed by atoms with Gasteiger partial charge in [0, 0.05) is 4.47 Å². The Morgan fingerprint density at radius 2 is 2.14 bits per heavy atom. The molecule has 0 amide bonds. The zero-order chi connectivity index (χ0) is 10.2. The van der Waals surface area contributed by atoms with Crippen molar-refractivity contribution in [3.05, 3.63) is 34.3 Å². The summed E-state index contributed by atoms with van der Waals surface area (Å²) in [6, 6.07) is 8.78. The van der Waals surface area contributed by atoms with Crippen LogP contribution in [-0.2, 0) is 0 Å². The van der Waals surface area contributed by atoms with E-state index in [1.807, 2.05) is 0 Å². The smallest absolute Gasteiger partial charge is 0.0178 e. The predicted octanol–water partition coefficient (Wildman–Crippen LogP) is 4.74. The Morgan fingerprint density at radius 3 is 2.71 bits per heavy atom. The van der Waals surface area contributed by atoms with Gasteiger partial charge in [0.1, 0.15) is 0 Å². The van der Waals surface area contributed by atoms with Gasteiger partial charge in [0.25, 0.3) is 0 Å². The summed E-state index contributed by atoms with van der Waals surface area (Å²) in [7, 11) is 0. The van der Waals surface area contributed by atoms with Crippen molar-refractivity contribution >= 4 is 15.9 Å². The van der Waals surface area contributed by atoms with Crippen LogP contribution in [0.4, 0.5) is 0 Å². The molecule has 1 unspecified atom stereocenters. The van der Waals surface area contributed by atoms with E-state index in [0.717, 1.165) is 5.92 Å². The van der Waals surface area contributed by atoms with Gasteiger partial charge in [0.2, 0.25) is 0 Å².